The average molecular weight is 429 g/mol. The maximum absolute atomic E-state index is 5.44. The van der Waals surface area contributed by atoms with Gasteiger partial charge in [-0.15, -0.1) is 0 Å². The van der Waals surface area contributed by atoms with Gasteiger partial charge in [0.1, 0.15) is 11.5 Å². The van der Waals surface area contributed by atoms with Crippen molar-refractivity contribution >= 4 is 5.96 Å². The van der Waals surface area contributed by atoms with Crippen molar-refractivity contribution in [1.29, 1.82) is 0 Å². The Morgan fingerprint density at radius 1 is 1.13 bits per heavy atom. The van der Waals surface area contributed by atoms with Crippen molar-refractivity contribution in [1.82, 2.24) is 15.5 Å². The van der Waals surface area contributed by atoms with E-state index in [-0.39, 0.29) is 0 Å². The number of aryl methyl sites for hydroxylation is 1. The average Bonchev–Trinajstić information content (AvgIpc) is 3.31. The molecular weight excluding hydrogens is 392 g/mol. The summed E-state index contributed by atoms with van der Waals surface area (Å²) in [5.41, 5.74) is 2.40. The van der Waals surface area contributed by atoms with Crippen molar-refractivity contribution in [3.63, 3.8) is 0 Å². The van der Waals surface area contributed by atoms with E-state index in [2.05, 4.69) is 40.7 Å². The van der Waals surface area contributed by atoms with E-state index in [1.807, 2.05) is 12.1 Å². The third-order valence-corrected chi connectivity index (χ3v) is 5.43. The Bertz CT molecular complexity index is 786. The summed E-state index contributed by atoms with van der Waals surface area (Å²) in [4.78, 5) is 7.23. The Hall–Kier alpha value is -2.51. The van der Waals surface area contributed by atoms with Gasteiger partial charge in [-0.25, -0.2) is 0 Å². The lowest BCUT2D eigenvalue weighted by Gasteiger charge is -2.26. The molecule has 170 valence electrons. The van der Waals surface area contributed by atoms with E-state index < -0.39 is 0 Å². The summed E-state index contributed by atoms with van der Waals surface area (Å²) >= 11 is 0. The van der Waals surface area contributed by atoms with E-state index in [0.717, 1.165) is 94.8 Å². The quantitative estimate of drug-likeness (QED) is 0.326. The number of hydrogen-bond acceptors (Lipinski definition) is 5. The molecular formula is C24H36N4O3. The molecule has 1 aliphatic rings. The van der Waals surface area contributed by atoms with Crippen LogP contribution < -0.4 is 15.4 Å². The third kappa shape index (κ3) is 8.26. The van der Waals surface area contributed by atoms with Crippen LogP contribution in [0.4, 0.5) is 0 Å². The number of morpholine rings is 1. The second-order valence-corrected chi connectivity index (χ2v) is 7.77. The molecule has 0 amide bonds. The lowest BCUT2D eigenvalue weighted by atomic mass is 10.1. The Morgan fingerprint density at radius 2 is 1.94 bits per heavy atom. The maximum Gasteiger partial charge on any atom is 0.191 e. The molecule has 1 aromatic heterocycles. The Kier molecular flexibility index (Phi) is 9.73. The van der Waals surface area contributed by atoms with Crippen LogP contribution in [0.25, 0.3) is 0 Å². The molecule has 0 unspecified atom stereocenters. The van der Waals surface area contributed by atoms with Gasteiger partial charge in [0.25, 0.3) is 0 Å². The van der Waals surface area contributed by atoms with Gasteiger partial charge in [-0.05, 0) is 49.1 Å². The molecule has 1 fully saturated rings. The largest absolute Gasteiger partial charge is 0.496 e. The molecule has 1 saturated heterocycles. The van der Waals surface area contributed by atoms with Gasteiger partial charge in [0.05, 0.1) is 26.6 Å². The number of benzene rings is 1. The van der Waals surface area contributed by atoms with Crippen molar-refractivity contribution in [3.05, 3.63) is 53.5 Å². The van der Waals surface area contributed by atoms with Gasteiger partial charge in [-0.2, -0.15) is 0 Å². The van der Waals surface area contributed by atoms with Crippen molar-refractivity contribution in [2.45, 2.75) is 26.2 Å². The highest BCUT2D eigenvalue weighted by atomic mass is 16.5. The minimum atomic E-state index is 0.779. The number of methoxy groups -OCH3 is 1. The fourth-order valence-electron chi connectivity index (χ4n) is 3.59. The van der Waals surface area contributed by atoms with E-state index in [1.165, 1.54) is 5.56 Å². The van der Waals surface area contributed by atoms with Crippen LogP contribution in [0.1, 0.15) is 23.3 Å². The SMILES string of the molecule is COc1cc(CCNC(=NCCCN2CCOCC2)NCCc2ccco2)ccc1C. The van der Waals surface area contributed by atoms with Crippen molar-refractivity contribution in [2.24, 2.45) is 4.99 Å². The number of nitrogens with zero attached hydrogens (tertiary/aromatic N) is 2. The molecule has 2 heterocycles. The summed E-state index contributed by atoms with van der Waals surface area (Å²) in [6.07, 6.45) is 4.49. The zero-order valence-corrected chi connectivity index (χ0v) is 18.9. The Morgan fingerprint density at radius 3 is 2.68 bits per heavy atom. The highest BCUT2D eigenvalue weighted by molar-refractivity contribution is 5.79. The van der Waals surface area contributed by atoms with Crippen molar-refractivity contribution in [3.8, 4) is 5.75 Å². The van der Waals surface area contributed by atoms with Crippen molar-refractivity contribution in [2.75, 3.05) is 59.6 Å². The summed E-state index contributed by atoms with van der Waals surface area (Å²) in [6, 6.07) is 10.3. The van der Waals surface area contributed by atoms with Crippen LogP contribution in [0.3, 0.4) is 0 Å². The van der Waals surface area contributed by atoms with E-state index in [9.17, 15) is 0 Å². The fourth-order valence-corrected chi connectivity index (χ4v) is 3.59. The molecule has 0 spiro atoms. The molecule has 2 aromatic rings. The van der Waals surface area contributed by atoms with Crippen LogP contribution in [0.5, 0.6) is 5.75 Å². The first-order valence-corrected chi connectivity index (χ1v) is 11.2. The van der Waals surface area contributed by atoms with Crippen molar-refractivity contribution < 1.29 is 13.9 Å². The zero-order chi connectivity index (χ0) is 21.7. The molecule has 2 N–H and O–H groups in total. The molecule has 7 heteroatoms. The molecule has 7 nitrogen and oxygen atoms in total. The van der Waals surface area contributed by atoms with Crippen LogP contribution in [0.2, 0.25) is 0 Å². The summed E-state index contributed by atoms with van der Waals surface area (Å²) in [6.45, 7) is 9.24. The number of hydrogen-bond donors (Lipinski definition) is 2. The Labute approximate surface area is 185 Å². The minimum Gasteiger partial charge on any atom is -0.496 e. The van der Waals surface area contributed by atoms with Crippen LogP contribution >= 0.6 is 0 Å². The minimum absolute atomic E-state index is 0.779. The summed E-state index contributed by atoms with van der Waals surface area (Å²) in [7, 11) is 1.72. The molecule has 1 aliphatic heterocycles. The normalized spacial score (nSPS) is 15.1. The van der Waals surface area contributed by atoms with E-state index >= 15 is 0 Å². The second-order valence-electron chi connectivity index (χ2n) is 7.77. The molecule has 31 heavy (non-hydrogen) atoms. The first kappa shape index (κ1) is 23.2. The number of aliphatic imine (C=N–C) groups is 1. The molecule has 0 radical (unpaired) electrons. The molecule has 3 rings (SSSR count). The van der Waals surface area contributed by atoms with E-state index in [0.29, 0.717) is 0 Å². The van der Waals surface area contributed by atoms with E-state index in [1.54, 1.807) is 13.4 Å². The van der Waals surface area contributed by atoms with Crippen LogP contribution in [0, 0.1) is 6.92 Å². The lowest BCUT2D eigenvalue weighted by Crippen LogP contribution is -2.40. The lowest BCUT2D eigenvalue weighted by molar-refractivity contribution is 0.0377. The number of furan rings is 1. The molecule has 0 atom stereocenters. The molecule has 1 aromatic carbocycles. The van der Waals surface area contributed by atoms with Gasteiger partial charge in [-0.3, -0.25) is 9.89 Å². The molecule has 0 bridgehead atoms. The van der Waals surface area contributed by atoms with Crippen LogP contribution in [0.15, 0.2) is 46.0 Å². The zero-order valence-electron chi connectivity index (χ0n) is 18.9. The summed E-state index contributed by atoms with van der Waals surface area (Å²) < 4.78 is 16.3. The topological polar surface area (TPSA) is 71.3 Å². The number of guanidine groups is 1. The Balaban J connectivity index is 1.46. The van der Waals surface area contributed by atoms with E-state index in [4.69, 9.17) is 18.9 Å². The number of ether oxygens (including phenoxy) is 2. The maximum atomic E-state index is 5.44. The van der Waals surface area contributed by atoms with Crippen LogP contribution in [-0.2, 0) is 17.6 Å². The summed E-state index contributed by atoms with van der Waals surface area (Å²) in [5, 5.41) is 6.91. The highest BCUT2D eigenvalue weighted by Gasteiger charge is 2.09. The van der Waals surface area contributed by atoms with Gasteiger partial charge in [0, 0.05) is 45.7 Å². The first-order valence-electron chi connectivity index (χ1n) is 11.2. The van der Waals surface area contributed by atoms with Gasteiger partial charge < -0.3 is 24.5 Å². The molecule has 0 aliphatic carbocycles. The predicted octanol–water partition coefficient (Wildman–Crippen LogP) is 2.64. The number of nitrogens with one attached hydrogen (secondary N) is 2. The fraction of sp³-hybridized carbons (Fsp3) is 0.542. The summed E-state index contributed by atoms with van der Waals surface area (Å²) in [5.74, 6) is 2.77. The third-order valence-electron chi connectivity index (χ3n) is 5.43. The van der Waals surface area contributed by atoms with Gasteiger partial charge in [0.2, 0.25) is 0 Å². The van der Waals surface area contributed by atoms with Gasteiger partial charge in [-0.1, -0.05) is 12.1 Å². The predicted molar refractivity (Wildman–Crippen MR) is 124 cm³/mol. The monoisotopic (exact) mass is 428 g/mol. The highest BCUT2D eigenvalue weighted by Crippen LogP contribution is 2.19. The molecule has 0 saturated carbocycles. The smallest absolute Gasteiger partial charge is 0.191 e. The van der Waals surface area contributed by atoms with Gasteiger partial charge in [0.15, 0.2) is 5.96 Å². The second kappa shape index (κ2) is 13.0. The van der Waals surface area contributed by atoms with Crippen LogP contribution in [-0.4, -0.2) is 70.5 Å². The van der Waals surface area contributed by atoms with Gasteiger partial charge >= 0.3 is 0 Å². The number of rotatable bonds is 11. The standard InChI is InChI=1S/C24H36N4O3/c1-20-6-7-21(19-23(20)29-2)8-11-26-24(27-12-9-22-5-3-16-31-22)25-10-4-13-28-14-17-30-18-15-28/h3,5-7,16,19H,4,8-15,17-18H2,1-2H3,(H2,25,26,27). The first-order chi connectivity index (χ1) is 15.2.